The van der Waals surface area contributed by atoms with E-state index in [1.54, 1.807) is 24.3 Å². The van der Waals surface area contributed by atoms with Gasteiger partial charge in [0.2, 0.25) is 5.91 Å². The molecule has 0 saturated heterocycles. The maximum Gasteiger partial charge on any atom is 0.265 e. The number of carbonyl (C=O) groups excluding carboxylic acids is 2. The van der Waals surface area contributed by atoms with Gasteiger partial charge in [0.1, 0.15) is 5.75 Å². The predicted molar refractivity (Wildman–Crippen MR) is 94.2 cm³/mol. The minimum Gasteiger partial charge on any atom is -0.480 e. The number of anilines is 1. The van der Waals surface area contributed by atoms with Crippen molar-refractivity contribution in [1.29, 1.82) is 0 Å². The van der Waals surface area contributed by atoms with Crippen molar-refractivity contribution in [3.63, 3.8) is 0 Å². The fraction of sp³-hybridized carbons (Fsp3) is 0.263. The Morgan fingerprint density at radius 3 is 2.54 bits per heavy atom. The van der Waals surface area contributed by atoms with E-state index in [-0.39, 0.29) is 5.91 Å². The first-order valence-electron chi connectivity index (χ1n) is 7.86. The summed E-state index contributed by atoms with van der Waals surface area (Å²) in [5, 5.41) is 2.77. The molecule has 0 aromatic heterocycles. The van der Waals surface area contributed by atoms with Crippen LogP contribution in [0.4, 0.5) is 5.69 Å². The number of hydrogen-bond acceptors (Lipinski definition) is 3. The topological polar surface area (TPSA) is 81.4 Å². The first kappa shape index (κ1) is 17.5. The van der Waals surface area contributed by atoms with Crippen LogP contribution in [0.1, 0.15) is 34.8 Å². The predicted octanol–water partition coefficient (Wildman–Crippen LogP) is 3.20. The van der Waals surface area contributed by atoms with Crippen molar-refractivity contribution in [1.82, 2.24) is 0 Å². The highest BCUT2D eigenvalue weighted by molar-refractivity contribution is 5.97. The molecule has 2 aromatic carbocycles. The molecule has 2 aromatic rings. The monoisotopic (exact) mass is 326 g/mol. The molecule has 126 valence electrons. The summed E-state index contributed by atoms with van der Waals surface area (Å²) >= 11 is 0. The van der Waals surface area contributed by atoms with E-state index >= 15 is 0 Å². The van der Waals surface area contributed by atoms with Crippen molar-refractivity contribution in [2.45, 2.75) is 33.3 Å². The number of nitrogens with one attached hydrogen (secondary N) is 1. The van der Waals surface area contributed by atoms with Gasteiger partial charge >= 0.3 is 0 Å². The van der Waals surface area contributed by atoms with Crippen LogP contribution in [-0.4, -0.2) is 17.9 Å². The van der Waals surface area contributed by atoms with Crippen LogP contribution in [0.25, 0.3) is 0 Å². The molecule has 0 saturated carbocycles. The summed E-state index contributed by atoms with van der Waals surface area (Å²) in [6.45, 7) is 5.85. The number of primary amides is 1. The van der Waals surface area contributed by atoms with Crippen molar-refractivity contribution in [2.75, 3.05) is 5.32 Å². The Labute approximate surface area is 141 Å². The molecule has 0 aliphatic rings. The average Bonchev–Trinajstić information content (AvgIpc) is 2.56. The SMILES string of the molecule is CCC(Oc1cccc(C)c1C)C(=O)Nc1cccc(C(N)=O)c1. The molecule has 0 bridgehead atoms. The summed E-state index contributed by atoms with van der Waals surface area (Å²) in [5.41, 5.74) is 8.23. The van der Waals surface area contributed by atoms with Crippen molar-refractivity contribution >= 4 is 17.5 Å². The fourth-order valence-electron chi connectivity index (χ4n) is 2.30. The number of carbonyl (C=O) groups is 2. The average molecular weight is 326 g/mol. The third kappa shape index (κ3) is 4.13. The van der Waals surface area contributed by atoms with Crippen LogP contribution in [0.3, 0.4) is 0 Å². The van der Waals surface area contributed by atoms with E-state index in [0.717, 1.165) is 11.1 Å². The van der Waals surface area contributed by atoms with E-state index in [9.17, 15) is 9.59 Å². The third-order valence-corrected chi connectivity index (χ3v) is 3.90. The Hall–Kier alpha value is -2.82. The van der Waals surface area contributed by atoms with Crippen LogP contribution in [0.15, 0.2) is 42.5 Å². The van der Waals surface area contributed by atoms with E-state index < -0.39 is 12.0 Å². The molecule has 1 unspecified atom stereocenters. The van der Waals surface area contributed by atoms with Gasteiger partial charge in [-0.1, -0.05) is 25.1 Å². The van der Waals surface area contributed by atoms with Crippen LogP contribution in [0.5, 0.6) is 5.75 Å². The quantitative estimate of drug-likeness (QED) is 0.855. The van der Waals surface area contributed by atoms with Crippen molar-refractivity contribution in [3.05, 3.63) is 59.2 Å². The lowest BCUT2D eigenvalue weighted by molar-refractivity contribution is -0.122. The molecule has 24 heavy (non-hydrogen) atoms. The summed E-state index contributed by atoms with van der Waals surface area (Å²) in [4.78, 5) is 23.7. The van der Waals surface area contributed by atoms with Crippen molar-refractivity contribution in [3.8, 4) is 5.75 Å². The summed E-state index contributed by atoms with van der Waals surface area (Å²) in [6.07, 6.45) is -0.0999. The summed E-state index contributed by atoms with van der Waals surface area (Å²) in [5.74, 6) is -0.104. The molecule has 0 radical (unpaired) electrons. The lowest BCUT2D eigenvalue weighted by atomic mass is 10.1. The third-order valence-electron chi connectivity index (χ3n) is 3.90. The van der Waals surface area contributed by atoms with E-state index in [1.807, 2.05) is 39.0 Å². The van der Waals surface area contributed by atoms with Gasteiger partial charge in [-0.15, -0.1) is 0 Å². The molecule has 0 aliphatic carbocycles. The zero-order chi connectivity index (χ0) is 17.7. The minimum atomic E-state index is -0.622. The molecule has 3 N–H and O–H groups in total. The smallest absolute Gasteiger partial charge is 0.265 e. The molecule has 1 atom stereocenters. The fourth-order valence-corrected chi connectivity index (χ4v) is 2.30. The summed E-state index contributed by atoms with van der Waals surface area (Å²) in [7, 11) is 0. The second kappa shape index (κ2) is 7.64. The van der Waals surface area contributed by atoms with Crippen LogP contribution >= 0.6 is 0 Å². The van der Waals surface area contributed by atoms with Gasteiger partial charge in [-0.25, -0.2) is 0 Å². The van der Waals surface area contributed by atoms with Gasteiger partial charge in [-0.3, -0.25) is 9.59 Å². The molecular formula is C19H22N2O3. The van der Waals surface area contributed by atoms with Gasteiger partial charge in [-0.05, 0) is 55.7 Å². The lowest BCUT2D eigenvalue weighted by Crippen LogP contribution is -2.32. The van der Waals surface area contributed by atoms with Crippen LogP contribution in [0.2, 0.25) is 0 Å². The van der Waals surface area contributed by atoms with Crippen LogP contribution < -0.4 is 15.8 Å². The van der Waals surface area contributed by atoms with Gasteiger partial charge in [0, 0.05) is 11.3 Å². The number of amides is 2. The zero-order valence-electron chi connectivity index (χ0n) is 14.1. The van der Waals surface area contributed by atoms with Crippen molar-refractivity contribution in [2.24, 2.45) is 5.73 Å². The molecule has 5 nitrogen and oxygen atoms in total. The van der Waals surface area contributed by atoms with E-state index in [2.05, 4.69) is 5.32 Å². The second-order valence-electron chi connectivity index (χ2n) is 5.65. The van der Waals surface area contributed by atoms with E-state index in [0.29, 0.717) is 23.4 Å². The molecule has 2 rings (SSSR count). The molecule has 0 heterocycles. The minimum absolute atomic E-state index is 0.264. The van der Waals surface area contributed by atoms with Gasteiger partial charge in [-0.2, -0.15) is 0 Å². The number of aryl methyl sites for hydroxylation is 1. The summed E-state index contributed by atoms with van der Waals surface area (Å²) in [6, 6.07) is 12.3. The number of benzene rings is 2. The largest absolute Gasteiger partial charge is 0.480 e. The van der Waals surface area contributed by atoms with E-state index in [1.165, 1.54) is 0 Å². The van der Waals surface area contributed by atoms with Gasteiger partial charge in [0.05, 0.1) is 0 Å². The normalized spacial score (nSPS) is 11.6. The first-order valence-corrected chi connectivity index (χ1v) is 7.86. The molecule has 0 spiro atoms. The molecule has 2 amide bonds. The highest BCUT2D eigenvalue weighted by Crippen LogP contribution is 2.23. The number of nitrogens with two attached hydrogens (primary N) is 1. The lowest BCUT2D eigenvalue weighted by Gasteiger charge is -2.19. The van der Waals surface area contributed by atoms with Gasteiger partial charge in [0.25, 0.3) is 5.91 Å². The maximum absolute atomic E-state index is 12.5. The second-order valence-corrected chi connectivity index (χ2v) is 5.65. The highest BCUT2D eigenvalue weighted by atomic mass is 16.5. The summed E-state index contributed by atoms with van der Waals surface area (Å²) < 4.78 is 5.88. The number of rotatable bonds is 6. The molecule has 0 aliphatic heterocycles. The highest BCUT2D eigenvalue weighted by Gasteiger charge is 2.20. The Balaban J connectivity index is 2.13. The van der Waals surface area contributed by atoms with Crippen LogP contribution in [-0.2, 0) is 4.79 Å². The van der Waals surface area contributed by atoms with E-state index in [4.69, 9.17) is 10.5 Å². The first-order chi connectivity index (χ1) is 11.4. The van der Waals surface area contributed by atoms with Gasteiger partial charge < -0.3 is 15.8 Å². The van der Waals surface area contributed by atoms with Crippen molar-refractivity contribution < 1.29 is 14.3 Å². The zero-order valence-corrected chi connectivity index (χ0v) is 14.1. The molecule has 0 fully saturated rings. The Morgan fingerprint density at radius 1 is 1.17 bits per heavy atom. The molecular weight excluding hydrogens is 304 g/mol. The number of hydrogen-bond donors (Lipinski definition) is 2. The Morgan fingerprint density at radius 2 is 1.88 bits per heavy atom. The maximum atomic E-state index is 12.5. The standard InChI is InChI=1S/C19H22N2O3/c1-4-16(24-17-10-5-7-12(2)13(17)3)19(23)21-15-9-6-8-14(11-15)18(20)22/h5-11,16H,4H2,1-3H3,(H2,20,22)(H,21,23). The number of ether oxygens (including phenoxy) is 1. The van der Waals surface area contributed by atoms with Gasteiger partial charge in [0.15, 0.2) is 6.10 Å². The molecule has 5 heteroatoms. The Bertz CT molecular complexity index is 756. The Kier molecular flexibility index (Phi) is 5.58. The van der Waals surface area contributed by atoms with Crippen LogP contribution in [0, 0.1) is 13.8 Å².